The highest BCUT2D eigenvalue weighted by atomic mass is 32.2. The van der Waals surface area contributed by atoms with Crippen LogP contribution in [-0.4, -0.2) is 40.9 Å². The zero-order valence-electron chi connectivity index (χ0n) is 13.6. The van der Waals surface area contributed by atoms with Crippen LogP contribution in [0.25, 0.3) is 0 Å². The van der Waals surface area contributed by atoms with Crippen LogP contribution in [0.2, 0.25) is 0 Å². The van der Waals surface area contributed by atoms with Crippen molar-refractivity contribution in [2.75, 3.05) is 23.4 Å². The van der Waals surface area contributed by atoms with E-state index in [1.807, 2.05) is 11.8 Å². The van der Waals surface area contributed by atoms with Crippen LogP contribution < -0.4 is 16.0 Å². The summed E-state index contributed by atoms with van der Waals surface area (Å²) in [5.74, 6) is 0.507. The van der Waals surface area contributed by atoms with E-state index in [4.69, 9.17) is 0 Å². The van der Waals surface area contributed by atoms with Gasteiger partial charge in [-0.1, -0.05) is 19.8 Å². The number of thioether (sulfide) groups is 1. The highest BCUT2D eigenvalue weighted by Crippen LogP contribution is 2.28. The third kappa shape index (κ3) is 5.13. The molecule has 0 saturated heterocycles. The normalized spacial score (nSPS) is 20.6. The predicted octanol–water partition coefficient (Wildman–Crippen LogP) is 2.24. The molecule has 2 amide bonds. The van der Waals surface area contributed by atoms with Crippen LogP contribution in [0, 0.1) is 0 Å². The topological polar surface area (TPSA) is 83.1 Å². The molecule has 2 unspecified atom stereocenters. The van der Waals surface area contributed by atoms with Crippen molar-refractivity contribution in [2.24, 2.45) is 0 Å². The Morgan fingerprint density at radius 3 is 2.70 bits per heavy atom. The minimum absolute atomic E-state index is 0.0803. The molecule has 1 fully saturated rings. The molecular weight excluding hydrogens is 312 g/mol. The van der Waals surface area contributed by atoms with E-state index in [9.17, 15) is 9.59 Å². The van der Waals surface area contributed by atoms with Crippen molar-refractivity contribution in [1.82, 2.24) is 10.3 Å². The second kappa shape index (κ2) is 8.76. The van der Waals surface area contributed by atoms with Gasteiger partial charge in [-0.3, -0.25) is 9.59 Å². The second-order valence-electron chi connectivity index (χ2n) is 5.49. The number of anilines is 2. The van der Waals surface area contributed by atoms with Crippen molar-refractivity contribution in [3.8, 4) is 0 Å². The lowest BCUT2D eigenvalue weighted by molar-refractivity contribution is -0.136. The van der Waals surface area contributed by atoms with Gasteiger partial charge in [-0.05, 0) is 30.7 Å². The Morgan fingerprint density at radius 2 is 2.04 bits per heavy atom. The van der Waals surface area contributed by atoms with E-state index in [2.05, 4.69) is 27.9 Å². The first-order chi connectivity index (χ1) is 11.1. The van der Waals surface area contributed by atoms with Crippen LogP contribution in [0.3, 0.4) is 0 Å². The number of pyridine rings is 1. The van der Waals surface area contributed by atoms with Crippen molar-refractivity contribution in [3.63, 3.8) is 0 Å². The van der Waals surface area contributed by atoms with Crippen molar-refractivity contribution in [1.29, 1.82) is 0 Å². The maximum absolute atomic E-state index is 12.1. The molecule has 0 radical (unpaired) electrons. The van der Waals surface area contributed by atoms with Gasteiger partial charge in [-0.2, -0.15) is 11.8 Å². The van der Waals surface area contributed by atoms with Gasteiger partial charge in [0, 0.05) is 18.3 Å². The van der Waals surface area contributed by atoms with Gasteiger partial charge in [-0.15, -0.1) is 0 Å². The van der Waals surface area contributed by atoms with Crippen molar-refractivity contribution >= 4 is 35.1 Å². The predicted molar refractivity (Wildman–Crippen MR) is 94.7 cm³/mol. The highest BCUT2D eigenvalue weighted by Gasteiger charge is 2.28. The molecule has 1 aromatic rings. The van der Waals surface area contributed by atoms with Crippen molar-refractivity contribution in [3.05, 3.63) is 18.3 Å². The number of hydrogen-bond acceptors (Lipinski definition) is 5. The number of amides is 2. The molecule has 0 aromatic carbocycles. The maximum Gasteiger partial charge on any atom is 0.313 e. The molecule has 23 heavy (non-hydrogen) atoms. The van der Waals surface area contributed by atoms with Crippen molar-refractivity contribution < 1.29 is 9.59 Å². The Morgan fingerprint density at radius 1 is 1.26 bits per heavy atom. The standard InChI is InChI=1S/C16H24N4O2S/c1-3-23-13-7-5-4-6-12(13)20-16(22)15(21)19-11-8-9-14(17-2)18-10-11/h8-10,12-13H,3-7H2,1-2H3,(H,17,18)(H,19,21)(H,20,22). The van der Waals surface area contributed by atoms with Crippen LogP contribution in [0.15, 0.2) is 18.3 Å². The maximum atomic E-state index is 12.1. The summed E-state index contributed by atoms with van der Waals surface area (Å²) in [4.78, 5) is 28.3. The first-order valence-electron chi connectivity index (χ1n) is 8.01. The minimum Gasteiger partial charge on any atom is -0.373 e. The van der Waals surface area contributed by atoms with Crippen molar-refractivity contribution in [2.45, 2.75) is 43.9 Å². The van der Waals surface area contributed by atoms with E-state index >= 15 is 0 Å². The number of carbonyl (C=O) groups is 2. The molecule has 7 heteroatoms. The first kappa shape index (κ1) is 17.6. The largest absolute Gasteiger partial charge is 0.373 e. The molecule has 2 rings (SSSR count). The van der Waals surface area contributed by atoms with E-state index in [0.717, 1.165) is 25.0 Å². The Kier molecular flexibility index (Phi) is 6.70. The summed E-state index contributed by atoms with van der Waals surface area (Å²) in [7, 11) is 1.77. The quantitative estimate of drug-likeness (QED) is 0.718. The summed E-state index contributed by atoms with van der Waals surface area (Å²) in [5, 5.41) is 8.77. The number of rotatable bonds is 5. The smallest absolute Gasteiger partial charge is 0.313 e. The Hall–Kier alpha value is -1.76. The zero-order chi connectivity index (χ0) is 16.7. The number of nitrogens with zero attached hydrogens (tertiary/aromatic N) is 1. The summed E-state index contributed by atoms with van der Waals surface area (Å²) in [6.07, 6.45) is 5.85. The SMILES string of the molecule is CCSC1CCCCC1NC(=O)C(=O)Nc1ccc(NC)nc1. The van der Waals surface area contributed by atoms with E-state index < -0.39 is 11.8 Å². The Balaban J connectivity index is 1.89. The molecule has 1 saturated carbocycles. The van der Waals surface area contributed by atoms with Gasteiger partial charge < -0.3 is 16.0 Å². The van der Waals surface area contributed by atoms with Crippen LogP contribution in [0.4, 0.5) is 11.5 Å². The summed E-state index contributed by atoms with van der Waals surface area (Å²) < 4.78 is 0. The van der Waals surface area contributed by atoms with E-state index in [1.165, 1.54) is 12.6 Å². The first-order valence-corrected chi connectivity index (χ1v) is 9.06. The number of aromatic nitrogens is 1. The molecular formula is C16H24N4O2S. The molecule has 126 valence electrons. The summed E-state index contributed by atoms with van der Waals surface area (Å²) in [6, 6.07) is 3.53. The summed E-state index contributed by atoms with van der Waals surface area (Å²) in [5.41, 5.74) is 0.507. The van der Waals surface area contributed by atoms with Gasteiger partial charge in [0.2, 0.25) is 0 Å². The molecule has 0 bridgehead atoms. The monoisotopic (exact) mass is 336 g/mol. The molecule has 2 atom stereocenters. The number of carbonyl (C=O) groups excluding carboxylic acids is 2. The van der Waals surface area contributed by atoms with Crippen LogP contribution in [-0.2, 0) is 9.59 Å². The van der Waals surface area contributed by atoms with E-state index in [1.54, 1.807) is 19.2 Å². The van der Waals surface area contributed by atoms with Crippen LogP contribution in [0.5, 0.6) is 0 Å². The van der Waals surface area contributed by atoms with Gasteiger partial charge in [0.1, 0.15) is 5.82 Å². The van der Waals surface area contributed by atoms with Crippen LogP contribution in [0.1, 0.15) is 32.6 Å². The zero-order valence-corrected chi connectivity index (χ0v) is 14.4. The third-order valence-electron chi connectivity index (χ3n) is 3.88. The van der Waals surface area contributed by atoms with Gasteiger partial charge in [-0.25, -0.2) is 4.98 Å². The second-order valence-corrected chi connectivity index (χ2v) is 7.01. The fourth-order valence-electron chi connectivity index (χ4n) is 2.71. The van der Waals surface area contributed by atoms with Crippen LogP contribution >= 0.6 is 11.8 Å². The van der Waals surface area contributed by atoms with E-state index in [0.29, 0.717) is 16.8 Å². The molecule has 6 nitrogen and oxygen atoms in total. The van der Waals surface area contributed by atoms with Gasteiger partial charge in [0.15, 0.2) is 0 Å². The molecule has 0 aliphatic heterocycles. The molecule has 0 spiro atoms. The van der Waals surface area contributed by atoms with Gasteiger partial charge in [0.05, 0.1) is 11.9 Å². The average molecular weight is 336 g/mol. The molecule has 1 aliphatic rings. The average Bonchev–Trinajstić information content (AvgIpc) is 2.57. The minimum atomic E-state index is -0.644. The fourth-order valence-corrected chi connectivity index (χ4v) is 3.91. The highest BCUT2D eigenvalue weighted by molar-refractivity contribution is 7.99. The summed E-state index contributed by atoms with van der Waals surface area (Å²) >= 11 is 1.86. The Bertz CT molecular complexity index is 533. The number of hydrogen-bond donors (Lipinski definition) is 3. The number of nitrogens with one attached hydrogen (secondary N) is 3. The lowest BCUT2D eigenvalue weighted by atomic mass is 9.95. The Labute approximate surface area is 141 Å². The van der Waals surface area contributed by atoms with Gasteiger partial charge in [0.25, 0.3) is 0 Å². The molecule has 3 N–H and O–H groups in total. The van der Waals surface area contributed by atoms with E-state index in [-0.39, 0.29) is 6.04 Å². The van der Waals surface area contributed by atoms with Gasteiger partial charge >= 0.3 is 11.8 Å². The lowest BCUT2D eigenvalue weighted by Crippen LogP contribution is -2.47. The molecule has 1 heterocycles. The third-order valence-corrected chi connectivity index (χ3v) is 5.21. The molecule has 1 aliphatic carbocycles. The molecule has 1 aromatic heterocycles. The summed E-state index contributed by atoms with van der Waals surface area (Å²) in [6.45, 7) is 2.12. The lowest BCUT2D eigenvalue weighted by Gasteiger charge is -2.31. The fraction of sp³-hybridized carbons (Fsp3) is 0.562.